The van der Waals surface area contributed by atoms with E-state index in [1.165, 1.54) is 10.5 Å². The summed E-state index contributed by atoms with van der Waals surface area (Å²) in [5, 5.41) is 1.13. The lowest BCUT2D eigenvalue weighted by Crippen LogP contribution is -1.88. The molecule has 3 heteroatoms. The van der Waals surface area contributed by atoms with Gasteiger partial charge in [-0.15, -0.1) is 11.3 Å². The second kappa shape index (κ2) is 3.19. The molecule has 12 heavy (non-hydrogen) atoms. The molecule has 1 aliphatic heterocycles. The molecule has 0 unspecified atom stereocenters. The van der Waals surface area contributed by atoms with E-state index in [1.54, 1.807) is 11.3 Å². The van der Waals surface area contributed by atoms with Gasteiger partial charge in [-0.1, -0.05) is 0 Å². The Kier molecular flexibility index (Phi) is 2.04. The minimum absolute atomic E-state index is 1.05. The molecule has 0 aromatic carbocycles. The molecule has 0 saturated carbocycles. The fraction of sp³-hybridized carbons (Fsp3) is 0.333. The van der Waals surface area contributed by atoms with Crippen molar-refractivity contribution in [3.05, 3.63) is 22.3 Å². The van der Waals surface area contributed by atoms with Crippen LogP contribution >= 0.6 is 11.3 Å². The van der Waals surface area contributed by atoms with Crippen molar-refractivity contribution in [2.75, 3.05) is 0 Å². The van der Waals surface area contributed by atoms with Crippen molar-refractivity contribution in [1.29, 1.82) is 0 Å². The first-order chi connectivity index (χ1) is 5.86. The second-order valence-corrected chi connectivity index (χ2v) is 4.04. The second-order valence-electron chi connectivity index (χ2n) is 2.80. The van der Waals surface area contributed by atoms with E-state index < -0.39 is 0 Å². The Morgan fingerprint density at radius 1 is 1.50 bits per heavy atom. The van der Waals surface area contributed by atoms with Crippen LogP contribution in [0.5, 0.6) is 0 Å². The number of aryl methyl sites for hydroxylation is 1. The van der Waals surface area contributed by atoms with Crippen LogP contribution in [0, 0.1) is 6.92 Å². The molecule has 0 saturated heterocycles. The topological polar surface area (TPSA) is 25.2 Å². The average Bonchev–Trinajstić information content (AvgIpc) is 2.54. The number of allylic oxidation sites excluding steroid dienone is 1. The van der Waals surface area contributed by atoms with Crippen molar-refractivity contribution in [2.24, 2.45) is 4.99 Å². The number of rotatable bonds is 1. The first-order valence-electron chi connectivity index (χ1n) is 4.00. The average molecular weight is 178 g/mol. The van der Waals surface area contributed by atoms with E-state index in [4.69, 9.17) is 0 Å². The molecular weight excluding hydrogens is 168 g/mol. The largest absolute Gasteiger partial charge is 0.269 e. The Labute approximate surface area is 75.7 Å². The molecule has 0 atom stereocenters. The van der Waals surface area contributed by atoms with Crippen LogP contribution in [0.25, 0.3) is 5.57 Å². The number of aliphatic imine (C=N–C) groups is 1. The highest BCUT2D eigenvalue weighted by molar-refractivity contribution is 7.12. The highest BCUT2D eigenvalue weighted by Crippen LogP contribution is 2.25. The van der Waals surface area contributed by atoms with Crippen LogP contribution in [0.2, 0.25) is 0 Å². The summed E-state index contributed by atoms with van der Waals surface area (Å²) < 4.78 is 0. The SMILES string of the molecule is Cc1cnc(C2=CN=CCC2)s1. The molecule has 0 aliphatic carbocycles. The summed E-state index contributed by atoms with van der Waals surface area (Å²) in [6.07, 6.45) is 7.91. The van der Waals surface area contributed by atoms with Crippen LogP contribution in [0.4, 0.5) is 0 Å². The van der Waals surface area contributed by atoms with Gasteiger partial charge < -0.3 is 0 Å². The van der Waals surface area contributed by atoms with Crippen molar-refractivity contribution in [2.45, 2.75) is 19.8 Å². The Bertz CT molecular complexity index is 336. The zero-order valence-electron chi connectivity index (χ0n) is 6.95. The molecule has 1 aliphatic rings. The van der Waals surface area contributed by atoms with Gasteiger partial charge in [-0.05, 0) is 19.8 Å². The first kappa shape index (κ1) is 7.68. The summed E-state index contributed by atoms with van der Waals surface area (Å²) in [4.78, 5) is 9.70. The molecule has 2 heterocycles. The fourth-order valence-corrected chi connectivity index (χ4v) is 1.97. The molecule has 1 aromatic rings. The van der Waals surface area contributed by atoms with Crippen LogP contribution in [0.15, 0.2) is 17.4 Å². The maximum atomic E-state index is 4.32. The fourth-order valence-electron chi connectivity index (χ4n) is 1.17. The Hall–Kier alpha value is -0.960. The lowest BCUT2D eigenvalue weighted by Gasteiger charge is -2.03. The summed E-state index contributed by atoms with van der Waals surface area (Å²) in [5.41, 5.74) is 1.27. The number of thiazole rings is 1. The smallest absolute Gasteiger partial charge is 0.121 e. The number of hydrogen-bond donors (Lipinski definition) is 0. The van der Waals surface area contributed by atoms with Crippen LogP contribution in [-0.2, 0) is 0 Å². The van der Waals surface area contributed by atoms with Crippen LogP contribution < -0.4 is 0 Å². The van der Waals surface area contributed by atoms with Gasteiger partial charge in [0.1, 0.15) is 5.01 Å². The van der Waals surface area contributed by atoms with Gasteiger partial charge in [0.05, 0.1) is 0 Å². The van der Waals surface area contributed by atoms with E-state index in [9.17, 15) is 0 Å². The van der Waals surface area contributed by atoms with Gasteiger partial charge >= 0.3 is 0 Å². The minimum atomic E-state index is 1.05. The summed E-state index contributed by atoms with van der Waals surface area (Å²) in [6, 6.07) is 0. The van der Waals surface area contributed by atoms with E-state index in [0.29, 0.717) is 0 Å². The number of nitrogens with zero attached hydrogens (tertiary/aromatic N) is 2. The lowest BCUT2D eigenvalue weighted by molar-refractivity contribution is 1.09. The predicted octanol–water partition coefficient (Wildman–Crippen LogP) is 2.66. The van der Waals surface area contributed by atoms with Crippen molar-refractivity contribution >= 4 is 23.1 Å². The zero-order valence-corrected chi connectivity index (χ0v) is 7.77. The van der Waals surface area contributed by atoms with Gasteiger partial charge in [0.25, 0.3) is 0 Å². The molecule has 1 aromatic heterocycles. The van der Waals surface area contributed by atoms with E-state index >= 15 is 0 Å². The molecule has 0 amide bonds. The van der Waals surface area contributed by atoms with Crippen molar-refractivity contribution in [3.8, 4) is 0 Å². The normalized spacial score (nSPS) is 16.2. The van der Waals surface area contributed by atoms with Gasteiger partial charge in [0.15, 0.2) is 0 Å². The molecule has 0 fully saturated rings. The van der Waals surface area contributed by atoms with Gasteiger partial charge in [0, 0.05) is 29.1 Å². The summed E-state index contributed by atoms with van der Waals surface area (Å²) in [7, 11) is 0. The standard InChI is InChI=1S/C9H10N2S/c1-7-5-11-9(12-7)8-3-2-4-10-6-8/h4-6H,2-3H2,1H3. The van der Waals surface area contributed by atoms with E-state index in [-0.39, 0.29) is 0 Å². The molecule has 0 N–H and O–H groups in total. The summed E-state index contributed by atoms with van der Waals surface area (Å²) >= 11 is 1.74. The highest BCUT2D eigenvalue weighted by atomic mass is 32.1. The molecule has 0 radical (unpaired) electrons. The van der Waals surface area contributed by atoms with Crippen LogP contribution in [-0.4, -0.2) is 11.2 Å². The van der Waals surface area contributed by atoms with E-state index in [0.717, 1.165) is 17.8 Å². The summed E-state index contributed by atoms with van der Waals surface area (Å²) in [5.74, 6) is 0. The van der Waals surface area contributed by atoms with Crippen molar-refractivity contribution in [3.63, 3.8) is 0 Å². The maximum Gasteiger partial charge on any atom is 0.121 e. The molecule has 0 spiro atoms. The Morgan fingerprint density at radius 3 is 3.00 bits per heavy atom. The van der Waals surface area contributed by atoms with Gasteiger partial charge in [0.2, 0.25) is 0 Å². The monoisotopic (exact) mass is 178 g/mol. The number of aromatic nitrogens is 1. The lowest BCUT2D eigenvalue weighted by atomic mass is 10.1. The van der Waals surface area contributed by atoms with Crippen molar-refractivity contribution < 1.29 is 0 Å². The third-order valence-electron chi connectivity index (χ3n) is 1.77. The first-order valence-corrected chi connectivity index (χ1v) is 4.81. The highest BCUT2D eigenvalue weighted by Gasteiger charge is 2.06. The molecular formula is C9H10N2S. The van der Waals surface area contributed by atoms with Crippen molar-refractivity contribution in [1.82, 2.24) is 4.98 Å². The minimum Gasteiger partial charge on any atom is -0.269 e. The van der Waals surface area contributed by atoms with Crippen LogP contribution in [0.1, 0.15) is 22.7 Å². The zero-order chi connectivity index (χ0) is 8.39. The van der Waals surface area contributed by atoms with Gasteiger partial charge in [-0.3, -0.25) is 4.99 Å². The number of hydrogen-bond acceptors (Lipinski definition) is 3. The van der Waals surface area contributed by atoms with E-state index in [1.807, 2.05) is 18.6 Å². The quantitative estimate of drug-likeness (QED) is 0.649. The third kappa shape index (κ3) is 1.46. The Morgan fingerprint density at radius 2 is 2.42 bits per heavy atom. The molecule has 2 nitrogen and oxygen atoms in total. The van der Waals surface area contributed by atoms with Gasteiger partial charge in [-0.25, -0.2) is 4.98 Å². The van der Waals surface area contributed by atoms with E-state index in [2.05, 4.69) is 16.9 Å². The maximum absolute atomic E-state index is 4.32. The molecule has 2 rings (SSSR count). The third-order valence-corrected chi connectivity index (χ3v) is 2.76. The Balaban J connectivity index is 2.30. The van der Waals surface area contributed by atoms with Crippen LogP contribution in [0.3, 0.4) is 0 Å². The molecule has 62 valence electrons. The van der Waals surface area contributed by atoms with Gasteiger partial charge in [-0.2, -0.15) is 0 Å². The molecule has 0 bridgehead atoms. The summed E-state index contributed by atoms with van der Waals surface area (Å²) in [6.45, 7) is 2.08. The predicted molar refractivity (Wildman–Crippen MR) is 52.6 cm³/mol.